The van der Waals surface area contributed by atoms with E-state index in [9.17, 15) is 4.79 Å². The minimum atomic E-state index is -0.234. The van der Waals surface area contributed by atoms with Crippen LogP contribution in [0.3, 0.4) is 0 Å². The molecule has 0 spiro atoms. The topological polar surface area (TPSA) is 110 Å². The summed E-state index contributed by atoms with van der Waals surface area (Å²) in [5.74, 6) is 1.90. The molecule has 0 atom stereocenters. The summed E-state index contributed by atoms with van der Waals surface area (Å²) in [6, 6.07) is 13.1. The molecule has 3 heterocycles. The van der Waals surface area contributed by atoms with Crippen molar-refractivity contribution >= 4 is 17.4 Å². The quantitative estimate of drug-likeness (QED) is 0.412. The first kappa shape index (κ1) is 19.8. The van der Waals surface area contributed by atoms with Gasteiger partial charge >= 0.3 is 0 Å². The van der Waals surface area contributed by atoms with Crippen LogP contribution in [0, 0.1) is 0 Å². The van der Waals surface area contributed by atoms with Gasteiger partial charge in [-0.15, -0.1) is 0 Å². The molecule has 0 bridgehead atoms. The highest BCUT2D eigenvalue weighted by molar-refractivity contribution is 5.95. The van der Waals surface area contributed by atoms with Crippen LogP contribution in [0.4, 0.5) is 5.82 Å². The van der Waals surface area contributed by atoms with Gasteiger partial charge in [0, 0.05) is 36.6 Å². The van der Waals surface area contributed by atoms with E-state index in [4.69, 9.17) is 14.6 Å². The number of imidazole rings is 1. The SMILES string of the molecule is O=C(NCCO)c1cccc(-c2cnc3c(NCc4ccc5c(c4)OCO5)nccn23)c1. The number of carbonyl (C=O) groups is 1. The first-order valence-electron chi connectivity index (χ1n) is 10.2. The van der Waals surface area contributed by atoms with Crippen molar-refractivity contribution in [3.05, 3.63) is 72.2 Å². The van der Waals surface area contributed by atoms with Gasteiger partial charge < -0.3 is 25.2 Å². The number of aliphatic hydroxyl groups excluding tert-OH is 1. The first-order chi connectivity index (χ1) is 15.7. The van der Waals surface area contributed by atoms with Gasteiger partial charge in [0.2, 0.25) is 6.79 Å². The number of amides is 1. The zero-order chi connectivity index (χ0) is 21.9. The van der Waals surface area contributed by atoms with Gasteiger partial charge in [0.15, 0.2) is 23.0 Å². The van der Waals surface area contributed by atoms with E-state index in [1.807, 2.05) is 40.9 Å². The number of ether oxygens (including phenoxy) is 2. The Kier molecular flexibility index (Phi) is 5.30. The van der Waals surface area contributed by atoms with Crippen LogP contribution < -0.4 is 20.1 Å². The Morgan fingerprint density at radius 1 is 1.12 bits per heavy atom. The molecule has 0 unspecified atom stereocenters. The third-order valence-electron chi connectivity index (χ3n) is 5.14. The Morgan fingerprint density at radius 3 is 2.94 bits per heavy atom. The fraction of sp³-hybridized carbons (Fsp3) is 0.174. The Balaban J connectivity index is 1.39. The van der Waals surface area contributed by atoms with Crippen molar-refractivity contribution < 1.29 is 19.4 Å². The molecule has 5 rings (SSSR count). The number of hydrogen-bond acceptors (Lipinski definition) is 7. The van der Waals surface area contributed by atoms with E-state index < -0.39 is 0 Å². The lowest BCUT2D eigenvalue weighted by Gasteiger charge is -2.09. The number of aromatic nitrogens is 3. The third-order valence-corrected chi connectivity index (χ3v) is 5.14. The van der Waals surface area contributed by atoms with Crippen LogP contribution in [-0.4, -0.2) is 45.3 Å². The second-order valence-electron chi connectivity index (χ2n) is 7.21. The monoisotopic (exact) mass is 431 g/mol. The molecule has 0 fully saturated rings. The molecule has 3 N–H and O–H groups in total. The third kappa shape index (κ3) is 3.81. The van der Waals surface area contributed by atoms with Crippen LogP contribution in [-0.2, 0) is 6.54 Å². The van der Waals surface area contributed by atoms with Gasteiger partial charge in [0.05, 0.1) is 18.5 Å². The maximum absolute atomic E-state index is 12.3. The summed E-state index contributed by atoms with van der Waals surface area (Å²) in [4.78, 5) is 21.2. The van der Waals surface area contributed by atoms with Gasteiger partial charge in [-0.1, -0.05) is 18.2 Å². The van der Waals surface area contributed by atoms with E-state index in [-0.39, 0.29) is 25.9 Å². The van der Waals surface area contributed by atoms with Crippen LogP contribution in [0.2, 0.25) is 0 Å². The van der Waals surface area contributed by atoms with E-state index in [0.29, 0.717) is 23.6 Å². The number of fused-ring (bicyclic) bond motifs is 2. The second-order valence-corrected chi connectivity index (χ2v) is 7.21. The van der Waals surface area contributed by atoms with Crippen molar-refractivity contribution in [3.63, 3.8) is 0 Å². The lowest BCUT2D eigenvalue weighted by molar-refractivity contribution is 0.0945. The first-order valence-corrected chi connectivity index (χ1v) is 10.2. The lowest BCUT2D eigenvalue weighted by Crippen LogP contribution is -2.26. The van der Waals surface area contributed by atoms with Gasteiger partial charge in [-0.05, 0) is 29.8 Å². The molecule has 0 aliphatic carbocycles. The van der Waals surface area contributed by atoms with Crippen LogP contribution in [0.15, 0.2) is 61.1 Å². The lowest BCUT2D eigenvalue weighted by atomic mass is 10.1. The standard InChI is InChI=1S/C23H21N5O4/c29-9-7-25-23(30)17-3-1-2-16(11-17)18-13-27-22-21(24-6-8-28(18)22)26-12-15-4-5-19-20(10-15)32-14-31-19/h1-6,8,10-11,13,29H,7,9,12,14H2,(H,24,26)(H,25,30). The zero-order valence-corrected chi connectivity index (χ0v) is 17.1. The van der Waals surface area contributed by atoms with E-state index in [1.165, 1.54) is 0 Å². The number of nitrogens with one attached hydrogen (secondary N) is 2. The molecule has 1 amide bonds. The molecule has 9 heteroatoms. The van der Waals surface area contributed by atoms with Crippen LogP contribution in [0.1, 0.15) is 15.9 Å². The van der Waals surface area contributed by atoms with Crippen LogP contribution in [0.25, 0.3) is 16.9 Å². The maximum Gasteiger partial charge on any atom is 0.251 e. The van der Waals surface area contributed by atoms with Gasteiger partial charge in [0.25, 0.3) is 5.91 Å². The molecule has 1 aliphatic rings. The Labute approximate surface area is 183 Å². The number of benzene rings is 2. The number of carbonyl (C=O) groups excluding carboxylic acids is 1. The highest BCUT2D eigenvalue weighted by atomic mass is 16.7. The average molecular weight is 431 g/mol. The minimum absolute atomic E-state index is 0.103. The predicted octanol–water partition coefficient (Wildman–Crippen LogP) is 2.46. The van der Waals surface area contributed by atoms with E-state index >= 15 is 0 Å². The molecule has 1 aliphatic heterocycles. The summed E-state index contributed by atoms with van der Waals surface area (Å²) < 4.78 is 12.7. The number of rotatable bonds is 7. The highest BCUT2D eigenvalue weighted by Crippen LogP contribution is 2.32. The fourth-order valence-corrected chi connectivity index (χ4v) is 3.59. The van der Waals surface area contributed by atoms with Gasteiger partial charge in [-0.2, -0.15) is 0 Å². The van der Waals surface area contributed by atoms with Crippen molar-refractivity contribution in [1.82, 2.24) is 19.7 Å². The zero-order valence-electron chi connectivity index (χ0n) is 17.1. The summed E-state index contributed by atoms with van der Waals surface area (Å²) in [6.45, 7) is 0.900. The van der Waals surface area contributed by atoms with Crippen molar-refractivity contribution in [2.75, 3.05) is 25.3 Å². The molecule has 0 saturated heterocycles. The number of hydrogen-bond donors (Lipinski definition) is 3. The summed E-state index contributed by atoms with van der Waals surface area (Å²) in [5.41, 5.74) is 3.92. The maximum atomic E-state index is 12.3. The highest BCUT2D eigenvalue weighted by Gasteiger charge is 2.15. The Hall–Kier alpha value is -4.11. The molecule has 162 valence electrons. The van der Waals surface area contributed by atoms with Crippen molar-refractivity contribution in [2.24, 2.45) is 0 Å². The second kappa shape index (κ2) is 8.56. The van der Waals surface area contributed by atoms with Crippen molar-refractivity contribution in [1.29, 1.82) is 0 Å². The molecule has 4 aromatic rings. The summed E-state index contributed by atoms with van der Waals surface area (Å²) in [5, 5.41) is 14.9. The molecule has 9 nitrogen and oxygen atoms in total. The molecular formula is C23H21N5O4. The van der Waals surface area contributed by atoms with Crippen molar-refractivity contribution in [3.8, 4) is 22.8 Å². The van der Waals surface area contributed by atoms with Gasteiger partial charge in [-0.3, -0.25) is 9.20 Å². The summed E-state index contributed by atoms with van der Waals surface area (Å²) in [6.07, 6.45) is 5.30. The largest absolute Gasteiger partial charge is 0.454 e. The molecule has 0 radical (unpaired) electrons. The van der Waals surface area contributed by atoms with E-state index in [2.05, 4.69) is 20.6 Å². The number of nitrogens with zero attached hydrogens (tertiary/aromatic N) is 3. The molecular weight excluding hydrogens is 410 g/mol. The van der Waals surface area contributed by atoms with Crippen molar-refractivity contribution in [2.45, 2.75) is 6.54 Å². The van der Waals surface area contributed by atoms with E-state index in [0.717, 1.165) is 28.3 Å². The predicted molar refractivity (Wildman–Crippen MR) is 118 cm³/mol. The minimum Gasteiger partial charge on any atom is -0.454 e. The normalized spacial score (nSPS) is 12.2. The smallest absolute Gasteiger partial charge is 0.251 e. The van der Waals surface area contributed by atoms with Gasteiger partial charge in [0.1, 0.15) is 0 Å². The molecule has 32 heavy (non-hydrogen) atoms. The Bertz CT molecular complexity index is 1290. The van der Waals surface area contributed by atoms with Gasteiger partial charge in [-0.25, -0.2) is 9.97 Å². The molecule has 2 aromatic heterocycles. The van der Waals surface area contributed by atoms with E-state index in [1.54, 1.807) is 24.5 Å². The summed E-state index contributed by atoms with van der Waals surface area (Å²) >= 11 is 0. The molecule has 2 aromatic carbocycles. The van der Waals surface area contributed by atoms with Crippen LogP contribution >= 0.6 is 0 Å². The Morgan fingerprint density at radius 2 is 2.03 bits per heavy atom. The summed E-state index contributed by atoms with van der Waals surface area (Å²) in [7, 11) is 0. The molecule has 0 saturated carbocycles. The number of aliphatic hydroxyl groups is 1. The van der Waals surface area contributed by atoms with Crippen LogP contribution in [0.5, 0.6) is 11.5 Å². The fourth-order valence-electron chi connectivity index (χ4n) is 3.59. The number of anilines is 1. The average Bonchev–Trinajstić information content (AvgIpc) is 3.48.